The summed E-state index contributed by atoms with van der Waals surface area (Å²) in [6, 6.07) is 25.0. The van der Waals surface area contributed by atoms with Gasteiger partial charge in [0.1, 0.15) is 5.75 Å². The van der Waals surface area contributed by atoms with Gasteiger partial charge in [-0.25, -0.2) is 5.01 Å². The van der Waals surface area contributed by atoms with E-state index in [1.165, 1.54) is 0 Å². The molecule has 5 rings (SSSR count). The van der Waals surface area contributed by atoms with Crippen LogP contribution in [0.15, 0.2) is 86.8 Å². The number of benzene rings is 3. The van der Waals surface area contributed by atoms with Crippen LogP contribution in [0, 0.1) is 0 Å². The predicted molar refractivity (Wildman–Crippen MR) is 114 cm³/mol. The lowest BCUT2D eigenvalue weighted by atomic mass is 9.96. The first-order valence-corrected chi connectivity index (χ1v) is 10.4. The van der Waals surface area contributed by atoms with Crippen LogP contribution in [0.4, 0.5) is 0 Å². The van der Waals surface area contributed by atoms with E-state index < -0.39 is 0 Å². The summed E-state index contributed by atoms with van der Waals surface area (Å²) in [6.45, 7) is 0. The summed E-state index contributed by atoms with van der Waals surface area (Å²) >= 11 is 7.30. The van der Waals surface area contributed by atoms with Crippen molar-refractivity contribution in [3.8, 4) is 5.75 Å². The topological polar surface area (TPSA) is 24.8 Å². The van der Waals surface area contributed by atoms with Crippen molar-refractivity contribution >= 4 is 37.6 Å². The van der Waals surface area contributed by atoms with Crippen molar-refractivity contribution in [3.05, 3.63) is 98.4 Å². The Morgan fingerprint density at radius 1 is 0.926 bits per heavy atom. The predicted octanol–water partition coefficient (Wildman–Crippen LogP) is 6.45. The summed E-state index contributed by atoms with van der Waals surface area (Å²) in [5.74, 6) is 0.901. The highest BCUT2D eigenvalue weighted by atomic mass is 79.9. The van der Waals surface area contributed by atoms with E-state index in [2.05, 4.69) is 79.3 Å². The molecule has 0 unspecified atom stereocenters. The number of hydrogen-bond donors (Lipinski definition) is 0. The van der Waals surface area contributed by atoms with Gasteiger partial charge in [-0.2, -0.15) is 5.10 Å². The minimum atomic E-state index is -0.248. The Bertz CT molecular complexity index is 1020. The fourth-order valence-electron chi connectivity index (χ4n) is 3.76. The van der Waals surface area contributed by atoms with E-state index in [1.807, 2.05) is 30.3 Å². The molecule has 0 amide bonds. The van der Waals surface area contributed by atoms with Gasteiger partial charge in [-0.15, -0.1) is 0 Å². The molecule has 0 aliphatic carbocycles. The Morgan fingerprint density at radius 2 is 1.63 bits per heavy atom. The molecule has 2 heterocycles. The van der Waals surface area contributed by atoms with Crippen LogP contribution in [0.1, 0.15) is 35.4 Å². The van der Waals surface area contributed by atoms with E-state index in [9.17, 15) is 0 Å². The highest BCUT2D eigenvalue weighted by Crippen LogP contribution is 2.50. The number of halogens is 2. The third-order valence-electron chi connectivity index (χ3n) is 5.00. The van der Waals surface area contributed by atoms with Crippen LogP contribution >= 0.6 is 31.9 Å². The minimum absolute atomic E-state index is 0.142. The van der Waals surface area contributed by atoms with Gasteiger partial charge < -0.3 is 4.74 Å². The van der Waals surface area contributed by atoms with Crippen LogP contribution in [-0.2, 0) is 0 Å². The molecule has 27 heavy (non-hydrogen) atoms. The molecule has 0 spiro atoms. The Hall–Kier alpha value is -2.11. The molecule has 0 N–H and O–H groups in total. The lowest BCUT2D eigenvalue weighted by Crippen LogP contribution is -2.33. The first-order valence-electron chi connectivity index (χ1n) is 8.82. The van der Waals surface area contributed by atoms with Crippen LogP contribution in [0.25, 0.3) is 0 Å². The number of rotatable bonds is 2. The molecule has 2 atom stereocenters. The monoisotopic (exact) mass is 482 g/mol. The molecule has 0 bridgehead atoms. The van der Waals surface area contributed by atoms with E-state index >= 15 is 0 Å². The maximum absolute atomic E-state index is 6.45. The van der Waals surface area contributed by atoms with Crippen LogP contribution < -0.4 is 4.74 Å². The highest BCUT2D eigenvalue weighted by Gasteiger charge is 2.41. The Labute approximate surface area is 174 Å². The SMILES string of the molecule is Brc1cc(Br)c2c(c1)[C@@H]1CC(c3ccccc3)=NN1[C@@H](c1ccccc1)O2. The molecule has 2 aliphatic rings. The summed E-state index contributed by atoms with van der Waals surface area (Å²) in [5, 5.41) is 7.10. The normalized spacial score (nSPS) is 20.5. The molecule has 0 saturated carbocycles. The zero-order valence-electron chi connectivity index (χ0n) is 14.3. The fourth-order valence-corrected chi connectivity index (χ4v) is 5.11. The van der Waals surface area contributed by atoms with Gasteiger partial charge in [0.15, 0.2) is 0 Å². The molecule has 0 radical (unpaired) electrons. The number of ether oxygens (including phenoxy) is 1. The Kier molecular flexibility index (Phi) is 4.29. The largest absolute Gasteiger partial charge is 0.463 e. The smallest absolute Gasteiger partial charge is 0.213 e. The van der Waals surface area contributed by atoms with Crippen LogP contribution in [0.5, 0.6) is 5.75 Å². The van der Waals surface area contributed by atoms with Crippen molar-refractivity contribution in [1.82, 2.24) is 5.01 Å². The molecule has 3 nitrogen and oxygen atoms in total. The quantitative estimate of drug-likeness (QED) is 0.418. The molecule has 3 aromatic carbocycles. The van der Waals surface area contributed by atoms with E-state index in [1.54, 1.807) is 0 Å². The third-order valence-corrected chi connectivity index (χ3v) is 6.05. The number of hydrazone groups is 1. The van der Waals surface area contributed by atoms with E-state index in [0.29, 0.717) is 0 Å². The molecule has 3 aromatic rings. The average molecular weight is 484 g/mol. The summed E-state index contributed by atoms with van der Waals surface area (Å²) in [4.78, 5) is 0. The molecular formula is C22H16Br2N2O. The van der Waals surface area contributed by atoms with Gasteiger partial charge in [-0.3, -0.25) is 0 Å². The average Bonchev–Trinajstić information content (AvgIpc) is 3.15. The third kappa shape index (κ3) is 2.99. The van der Waals surface area contributed by atoms with Crippen LogP contribution in [0.2, 0.25) is 0 Å². The van der Waals surface area contributed by atoms with Crippen molar-refractivity contribution < 1.29 is 4.74 Å². The molecule has 5 heteroatoms. The fraction of sp³-hybridized carbons (Fsp3) is 0.136. The van der Waals surface area contributed by atoms with Crippen LogP contribution in [0.3, 0.4) is 0 Å². The molecule has 2 aliphatic heterocycles. The first kappa shape index (κ1) is 17.0. The number of fused-ring (bicyclic) bond motifs is 3. The molecule has 0 saturated heterocycles. The summed E-state index contributed by atoms with van der Waals surface area (Å²) < 4.78 is 8.44. The lowest BCUT2D eigenvalue weighted by molar-refractivity contribution is -0.0197. The van der Waals surface area contributed by atoms with Gasteiger partial charge in [0.25, 0.3) is 0 Å². The standard InChI is InChI=1S/C22H16Br2N2O/c23-16-11-17-20-13-19(14-7-3-1-4-8-14)25-26(20)22(15-9-5-2-6-10-15)27-21(17)18(24)12-16/h1-12,20,22H,13H2/t20-,22+/m0/s1. The van der Waals surface area contributed by atoms with Crippen molar-refractivity contribution in [1.29, 1.82) is 0 Å². The maximum Gasteiger partial charge on any atom is 0.213 e. The van der Waals surface area contributed by atoms with Gasteiger partial charge in [0, 0.05) is 22.0 Å². The maximum atomic E-state index is 6.45. The zero-order chi connectivity index (χ0) is 18.4. The van der Waals surface area contributed by atoms with Gasteiger partial charge in [-0.05, 0) is 33.6 Å². The second-order valence-corrected chi connectivity index (χ2v) is 8.47. The van der Waals surface area contributed by atoms with Gasteiger partial charge >= 0.3 is 0 Å². The second-order valence-electron chi connectivity index (χ2n) is 6.70. The molecule has 0 fully saturated rings. The molecular weight excluding hydrogens is 468 g/mol. The van der Waals surface area contributed by atoms with E-state index in [-0.39, 0.29) is 12.3 Å². The second kappa shape index (κ2) is 6.80. The van der Waals surface area contributed by atoms with E-state index in [0.717, 1.165) is 43.5 Å². The highest BCUT2D eigenvalue weighted by molar-refractivity contribution is 9.11. The van der Waals surface area contributed by atoms with Crippen molar-refractivity contribution in [3.63, 3.8) is 0 Å². The summed E-state index contributed by atoms with van der Waals surface area (Å²) in [5.41, 5.74) is 4.50. The number of nitrogens with zero attached hydrogens (tertiary/aromatic N) is 2. The van der Waals surface area contributed by atoms with Crippen molar-refractivity contribution in [2.75, 3.05) is 0 Å². The molecule has 134 valence electrons. The number of hydrogen-bond acceptors (Lipinski definition) is 3. The first-order chi connectivity index (χ1) is 13.2. The Balaban J connectivity index is 1.64. The zero-order valence-corrected chi connectivity index (χ0v) is 17.5. The molecule has 0 aromatic heterocycles. The van der Waals surface area contributed by atoms with Crippen LogP contribution in [-0.4, -0.2) is 10.7 Å². The van der Waals surface area contributed by atoms with Crippen molar-refractivity contribution in [2.45, 2.75) is 18.7 Å². The lowest BCUT2D eigenvalue weighted by Gasteiger charge is -2.38. The summed E-state index contributed by atoms with van der Waals surface area (Å²) in [6.07, 6.45) is 0.606. The van der Waals surface area contributed by atoms with E-state index in [4.69, 9.17) is 9.84 Å². The Morgan fingerprint density at radius 3 is 2.37 bits per heavy atom. The van der Waals surface area contributed by atoms with Gasteiger partial charge in [0.05, 0.1) is 16.2 Å². The summed E-state index contributed by atoms with van der Waals surface area (Å²) in [7, 11) is 0. The van der Waals surface area contributed by atoms with Gasteiger partial charge in [0.2, 0.25) is 6.23 Å². The van der Waals surface area contributed by atoms with Gasteiger partial charge in [-0.1, -0.05) is 76.6 Å². The minimum Gasteiger partial charge on any atom is -0.463 e. The van der Waals surface area contributed by atoms with Crippen molar-refractivity contribution in [2.24, 2.45) is 5.10 Å².